The Morgan fingerprint density at radius 1 is 1.14 bits per heavy atom. The Labute approximate surface area is 125 Å². The van der Waals surface area contributed by atoms with Crippen molar-refractivity contribution in [2.75, 3.05) is 7.11 Å². The van der Waals surface area contributed by atoms with Crippen molar-refractivity contribution in [3.63, 3.8) is 0 Å². The molecule has 0 unspecified atom stereocenters. The zero-order valence-electron chi connectivity index (χ0n) is 13.4. The lowest BCUT2D eigenvalue weighted by Crippen LogP contribution is -2.41. The summed E-state index contributed by atoms with van der Waals surface area (Å²) in [6.45, 7) is 8.21. The Kier molecular flexibility index (Phi) is 3.08. The lowest BCUT2D eigenvalue weighted by Gasteiger charge is -2.32. The molecule has 3 rings (SSSR count). The monoisotopic (exact) mass is 288 g/mol. The molecule has 0 atom stereocenters. The number of methoxy groups -OCH3 is 1. The van der Waals surface area contributed by atoms with E-state index >= 15 is 0 Å². The van der Waals surface area contributed by atoms with Crippen LogP contribution in [0.3, 0.4) is 0 Å². The summed E-state index contributed by atoms with van der Waals surface area (Å²) in [7, 11) is 3.17. The highest BCUT2D eigenvalue weighted by Gasteiger charge is 2.52. The molecule has 6 heteroatoms. The van der Waals surface area contributed by atoms with Gasteiger partial charge in [0, 0.05) is 12.5 Å². The molecule has 5 nitrogen and oxygen atoms in total. The maximum atomic E-state index is 6.15. The van der Waals surface area contributed by atoms with Gasteiger partial charge < -0.3 is 14.0 Å². The van der Waals surface area contributed by atoms with Crippen molar-refractivity contribution in [2.24, 2.45) is 7.05 Å². The van der Waals surface area contributed by atoms with Gasteiger partial charge >= 0.3 is 7.12 Å². The van der Waals surface area contributed by atoms with E-state index in [1.807, 2.05) is 30.1 Å². The lowest BCUT2D eigenvalue weighted by molar-refractivity contribution is 0.00578. The van der Waals surface area contributed by atoms with Crippen molar-refractivity contribution in [2.45, 2.75) is 38.9 Å². The van der Waals surface area contributed by atoms with Crippen LogP contribution in [-0.4, -0.2) is 35.2 Å². The van der Waals surface area contributed by atoms with E-state index in [0.717, 1.165) is 22.1 Å². The quantitative estimate of drug-likeness (QED) is 0.792. The van der Waals surface area contributed by atoms with Gasteiger partial charge in [-0.05, 0) is 33.8 Å². The summed E-state index contributed by atoms with van der Waals surface area (Å²) in [4.78, 5) is 0. The molecule has 0 saturated carbocycles. The van der Waals surface area contributed by atoms with Crippen LogP contribution in [0.4, 0.5) is 0 Å². The van der Waals surface area contributed by atoms with Crippen LogP contribution in [0.15, 0.2) is 18.3 Å². The molecule has 1 aromatic heterocycles. The molecule has 0 N–H and O–H groups in total. The Bertz CT molecular complexity index is 678. The number of rotatable bonds is 2. The number of hydrogen-bond acceptors (Lipinski definition) is 4. The average molecular weight is 288 g/mol. The number of nitrogens with zero attached hydrogens (tertiary/aromatic N) is 2. The van der Waals surface area contributed by atoms with Crippen LogP contribution in [0.5, 0.6) is 5.75 Å². The van der Waals surface area contributed by atoms with Gasteiger partial charge in [-0.3, -0.25) is 4.68 Å². The molecular weight excluding hydrogens is 267 g/mol. The van der Waals surface area contributed by atoms with E-state index in [4.69, 9.17) is 14.0 Å². The molecule has 0 bridgehead atoms. The van der Waals surface area contributed by atoms with Crippen molar-refractivity contribution < 1.29 is 14.0 Å². The molecule has 21 heavy (non-hydrogen) atoms. The van der Waals surface area contributed by atoms with Gasteiger partial charge in [0.05, 0.1) is 35.4 Å². The zero-order chi connectivity index (χ0) is 15.4. The van der Waals surface area contributed by atoms with Crippen molar-refractivity contribution >= 4 is 23.5 Å². The number of ether oxygens (including phenoxy) is 1. The fourth-order valence-electron chi connectivity index (χ4n) is 2.63. The molecule has 1 aromatic carbocycles. The summed E-state index contributed by atoms with van der Waals surface area (Å²) in [6, 6.07) is 3.93. The fourth-order valence-corrected chi connectivity index (χ4v) is 2.63. The number of benzene rings is 1. The van der Waals surface area contributed by atoms with Crippen LogP contribution in [0.2, 0.25) is 0 Å². The van der Waals surface area contributed by atoms with Gasteiger partial charge in [0.1, 0.15) is 5.75 Å². The van der Waals surface area contributed by atoms with Gasteiger partial charge in [-0.2, -0.15) is 5.10 Å². The molecule has 112 valence electrons. The van der Waals surface area contributed by atoms with Crippen LogP contribution in [0.1, 0.15) is 27.7 Å². The summed E-state index contributed by atoms with van der Waals surface area (Å²) in [5.41, 5.74) is 1.24. The molecule has 0 radical (unpaired) electrons. The Balaban J connectivity index is 2.13. The smallest absolute Gasteiger partial charge is 0.496 e. The second kappa shape index (κ2) is 4.48. The highest BCUT2D eigenvalue weighted by molar-refractivity contribution is 6.65. The topological polar surface area (TPSA) is 45.5 Å². The number of hydrogen-bond donors (Lipinski definition) is 0. The van der Waals surface area contributed by atoms with Crippen LogP contribution in [-0.2, 0) is 16.4 Å². The van der Waals surface area contributed by atoms with Crippen molar-refractivity contribution in [3.05, 3.63) is 18.3 Å². The second-order valence-electron chi connectivity index (χ2n) is 6.48. The summed E-state index contributed by atoms with van der Waals surface area (Å²) < 4.78 is 19.5. The minimum atomic E-state index is -0.404. The molecule has 0 spiro atoms. The summed E-state index contributed by atoms with van der Waals surface area (Å²) in [5.74, 6) is 0.804. The molecule has 2 heterocycles. The van der Waals surface area contributed by atoms with Crippen molar-refractivity contribution in [1.29, 1.82) is 0 Å². The largest absolute Gasteiger partial charge is 0.497 e. The van der Waals surface area contributed by atoms with Crippen molar-refractivity contribution in [3.8, 4) is 5.75 Å². The summed E-state index contributed by atoms with van der Waals surface area (Å²) >= 11 is 0. The Hall–Kier alpha value is -1.53. The van der Waals surface area contributed by atoms with E-state index in [1.54, 1.807) is 7.11 Å². The third-order valence-electron chi connectivity index (χ3n) is 4.62. The number of aryl methyl sites for hydroxylation is 1. The molecule has 1 saturated heterocycles. The third kappa shape index (κ3) is 2.05. The van der Waals surface area contributed by atoms with Gasteiger partial charge in [0.2, 0.25) is 0 Å². The highest BCUT2D eigenvalue weighted by Crippen LogP contribution is 2.37. The first-order valence-corrected chi connectivity index (χ1v) is 7.11. The lowest BCUT2D eigenvalue weighted by atomic mass is 9.77. The maximum Gasteiger partial charge on any atom is 0.497 e. The van der Waals surface area contributed by atoms with Gasteiger partial charge in [0.15, 0.2) is 0 Å². The number of aromatic nitrogens is 2. The first-order chi connectivity index (χ1) is 9.77. The first kappa shape index (κ1) is 14.4. The van der Waals surface area contributed by atoms with E-state index in [0.29, 0.717) is 0 Å². The van der Waals surface area contributed by atoms with E-state index in [1.165, 1.54) is 0 Å². The molecule has 0 aliphatic carbocycles. The maximum absolute atomic E-state index is 6.15. The van der Waals surface area contributed by atoms with Crippen LogP contribution < -0.4 is 10.2 Å². The van der Waals surface area contributed by atoms with E-state index in [2.05, 4.69) is 32.8 Å². The Morgan fingerprint density at radius 3 is 2.33 bits per heavy atom. The molecule has 2 aromatic rings. The SMILES string of the molecule is COc1ccc(B2OC(C)(C)C(C)(C)O2)c2c1cnn2C. The minimum absolute atomic E-state index is 0.359. The molecular formula is C15H21BN2O3. The van der Waals surface area contributed by atoms with E-state index in [-0.39, 0.29) is 11.2 Å². The predicted octanol–water partition coefficient (Wildman–Crippen LogP) is 1.88. The van der Waals surface area contributed by atoms with E-state index in [9.17, 15) is 0 Å². The summed E-state index contributed by atoms with van der Waals surface area (Å²) in [6.07, 6.45) is 1.81. The van der Waals surface area contributed by atoms with Crippen LogP contribution in [0.25, 0.3) is 10.9 Å². The second-order valence-corrected chi connectivity index (χ2v) is 6.48. The Morgan fingerprint density at radius 2 is 1.76 bits per heavy atom. The zero-order valence-corrected chi connectivity index (χ0v) is 13.4. The molecule has 1 aliphatic heterocycles. The van der Waals surface area contributed by atoms with Crippen molar-refractivity contribution in [1.82, 2.24) is 9.78 Å². The normalized spacial score (nSPS) is 20.2. The predicted molar refractivity (Wildman–Crippen MR) is 83.0 cm³/mol. The number of fused-ring (bicyclic) bond motifs is 1. The van der Waals surface area contributed by atoms with Gasteiger partial charge in [-0.25, -0.2) is 0 Å². The standard InChI is InChI=1S/C15H21BN2O3/c1-14(2)15(3,4)21-16(20-14)11-7-8-12(19-6)10-9-17-18(5)13(10)11/h7-9H,1-6H3. The molecule has 1 fully saturated rings. The van der Waals surface area contributed by atoms with Gasteiger partial charge in [-0.1, -0.05) is 6.07 Å². The summed E-state index contributed by atoms with van der Waals surface area (Å²) in [5, 5.41) is 5.30. The van der Waals surface area contributed by atoms with Gasteiger partial charge in [0.25, 0.3) is 0 Å². The van der Waals surface area contributed by atoms with E-state index < -0.39 is 7.12 Å². The van der Waals surface area contributed by atoms with Gasteiger partial charge in [-0.15, -0.1) is 0 Å². The van der Waals surface area contributed by atoms with Crippen LogP contribution in [0, 0.1) is 0 Å². The fraction of sp³-hybridized carbons (Fsp3) is 0.533. The molecule has 1 aliphatic rings. The third-order valence-corrected chi connectivity index (χ3v) is 4.62. The van der Waals surface area contributed by atoms with Crippen LogP contribution >= 0.6 is 0 Å². The highest BCUT2D eigenvalue weighted by atomic mass is 16.7. The first-order valence-electron chi connectivity index (χ1n) is 7.11. The minimum Gasteiger partial charge on any atom is -0.496 e. The average Bonchev–Trinajstić information content (AvgIpc) is 2.88. The molecule has 0 amide bonds.